The van der Waals surface area contributed by atoms with E-state index in [-0.39, 0.29) is 13.5 Å². The van der Waals surface area contributed by atoms with Crippen molar-refractivity contribution in [3.05, 3.63) is 0 Å². The maximum atomic E-state index is 2.00. The van der Waals surface area contributed by atoms with Crippen molar-refractivity contribution in [3.8, 4) is 0 Å². The van der Waals surface area contributed by atoms with E-state index in [0.29, 0.717) is 0 Å². The van der Waals surface area contributed by atoms with E-state index >= 15 is 0 Å². The molecule has 0 aromatic carbocycles. The minimum atomic E-state index is 0. The van der Waals surface area contributed by atoms with Gasteiger partial charge in [-0.15, -0.1) is 0 Å². The average Bonchev–Trinajstić information content (AvgIpc) is 2.23. The van der Waals surface area contributed by atoms with Crippen molar-refractivity contribution < 1.29 is 0 Å². The molecule has 0 heterocycles. The monoisotopic (exact) mass is 134 g/mol. The highest BCUT2D eigenvalue weighted by Gasteiger charge is 1.95. The van der Waals surface area contributed by atoms with Crippen molar-refractivity contribution in [1.82, 2.24) is 0 Å². The van der Waals surface area contributed by atoms with Crippen LogP contribution in [0.5, 0.6) is 0 Å². The van der Waals surface area contributed by atoms with Crippen LogP contribution < -0.4 is 0 Å². The van der Waals surface area contributed by atoms with Crippen molar-refractivity contribution in [2.75, 3.05) is 0 Å². The Labute approximate surface area is 60.1 Å². The first kappa shape index (κ1) is 11.2. The molecule has 0 unspecified atom stereocenters. The fraction of sp³-hybridized carbons (Fsp3) is 1.00. The fourth-order valence-electron chi connectivity index (χ4n) is 0.884. The molecule has 1 heteroatoms. The summed E-state index contributed by atoms with van der Waals surface area (Å²) >= 11 is 0. The lowest BCUT2D eigenvalue weighted by Gasteiger charge is -1.67. The first-order chi connectivity index (χ1) is 3.50. The van der Waals surface area contributed by atoms with Crippen LogP contribution in [-0.4, -0.2) is 0 Å². The lowest BCUT2D eigenvalue weighted by molar-refractivity contribution is 0.886. The Bertz CT molecular complexity index is 16.0. The molecule has 0 saturated heterocycles. The second-order valence-corrected chi connectivity index (χ2v) is 1.77. The molecule has 0 atom stereocenters. The third-order valence-electron chi connectivity index (χ3n) is 1.25. The molecule has 1 saturated carbocycles. The summed E-state index contributed by atoms with van der Waals surface area (Å²) in [5, 5.41) is 0. The maximum Gasteiger partial charge on any atom is -0.0533 e. The summed E-state index contributed by atoms with van der Waals surface area (Å²) in [6, 6.07) is 0. The summed E-state index contributed by atoms with van der Waals surface area (Å²) in [5.41, 5.74) is 0. The van der Waals surface area contributed by atoms with Gasteiger partial charge in [0, 0.05) is 0 Å². The Morgan fingerprint density at radius 1 is 0.625 bits per heavy atom. The fourth-order valence-corrected chi connectivity index (χ4v) is 0.884. The van der Waals surface area contributed by atoms with Gasteiger partial charge in [-0.25, -0.2) is 0 Å². The largest absolute Gasteiger partial charge is 0.197 e. The van der Waals surface area contributed by atoms with E-state index in [9.17, 15) is 0 Å². The van der Waals surface area contributed by atoms with Crippen molar-refractivity contribution in [1.29, 1.82) is 0 Å². The summed E-state index contributed by atoms with van der Waals surface area (Å²) in [6.07, 6.45) is 7.50. The van der Waals surface area contributed by atoms with Crippen molar-refractivity contribution in [2.24, 2.45) is 0 Å². The average molecular weight is 134 g/mol. The predicted molar refractivity (Wildman–Crippen MR) is 44.8 cm³/mol. The third kappa shape index (κ3) is 6.35. The van der Waals surface area contributed by atoms with E-state index in [1.54, 1.807) is 0 Å². The van der Waals surface area contributed by atoms with Gasteiger partial charge in [-0.2, -0.15) is 13.5 Å². The minimum absolute atomic E-state index is 0. The Hall–Kier alpha value is 0.350. The molecule has 0 aromatic rings. The highest BCUT2D eigenvalue weighted by Crippen LogP contribution is 2.15. The summed E-state index contributed by atoms with van der Waals surface area (Å²) in [4.78, 5) is 0. The highest BCUT2D eigenvalue weighted by atomic mass is 32.1. The van der Waals surface area contributed by atoms with Crippen LogP contribution in [0.1, 0.15) is 46.0 Å². The molecular weight excluding hydrogens is 116 g/mol. The maximum absolute atomic E-state index is 2.00. The van der Waals surface area contributed by atoms with E-state index < -0.39 is 0 Å². The zero-order valence-corrected chi connectivity index (χ0v) is 7.04. The lowest BCUT2D eigenvalue weighted by Crippen LogP contribution is -1.47. The Kier molecular flexibility index (Phi) is 14.5. The number of hydrogen-bond acceptors (Lipinski definition) is 0. The van der Waals surface area contributed by atoms with Crippen LogP contribution in [-0.2, 0) is 0 Å². The van der Waals surface area contributed by atoms with Gasteiger partial charge in [0.1, 0.15) is 0 Å². The van der Waals surface area contributed by atoms with Crippen LogP contribution in [0.25, 0.3) is 0 Å². The van der Waals surface area contributed by atoms with Gasteiger partial charge in [-0.3, -0.25) is 0 Å². The number of rotatable bonds is 0. The predicted octanol–water partition coefficient (Wildman–Crippen LogP) is 3.09. The zero-order valence-electron chi connectivity index (χ0n) is 6.04. The van der Waals surface area contributed by atoms with Crippen molar-refractivity contribution in [3.63, 3.8) is 0 Å². The molecule has 0 N–H and O–H groups in total. The topological polar surface area (TPSA) is 0 Å². The Morgan fingerprint density at radius 3 is 0.875 bits per heavy atom. The summed E-state index contributed by atoms with van der Waals surface area (Å²) in [7, 11) is 0. The third-order valence-corrected chi connectivity index (χ3v) is 1.25. The molecule has 52 valence electrons. The van der Waals surface area contributed by atoms with Gasteiger partial charge in [0.05, 0.1) is 0 Å². The van der Waals surface area contributed by atoms with Crippen LogP contribution in [0.15, 0.2) is 0 Å². The SMILES string of the molecule is C1CCCC1.CC.S. The normalized spacial score (nSPS) is 15.8. The summed E-state index contributed by atoms with van der Waals surface area (Å²) in [6.45, 7) is 4.00. The standard InChI is InChI=1S/C5H10.C2H6.H2S/c1-2-4-5-3-1;1-2;/h1-5H2;1-2H3;1H2. The summed E-state index contributed by atoms with van der Waals surface area (Å²) < 4.78 is 0. The molecule has 0 spiro atoms. The van der Waals surface area contributed by atoms with Gasteiger partial charge < -0.3 is 0 Å². The molecule has 0 aromatic heterocycles. The van der Waals surface area contributed by atoms with Crippen LogP contribution in [0.2, 0.25) is 0 Å². The van der Waals surface area contributed by atoms with Gasteiger partial charge >= 0.3 is 0 Å². The molecule has 0 aliphatic heterocycles. The number of hydrogen-bond donors (Lipinski definition) is 0. The van der Waals surface area contributed by atoms with Gasteiger partial charge in [0.2, 0.25) is 0 Å². The quantitative estimate of drug-likeness (QED) is 0.477. The van der Waals surface area contributed by atoms with Crippen molar-refractivity contribution >= 4 is 13.5 Å². The van der Waals surface area contributed by atoms with Crippen LogP contribution in [0, 0.1) is 0 Å². The second kappa shape index (κ2) is 10.4. The van der Waals surface area contributed by atoms with E-state index in [1.165, 1.54) is 32.1 Å². The molecular formula is C7H18S. The highest BCUT2D eigenvalue weighted by molar-refractivity contribution is 7.59. The molecule has 0 nitrogen and oxygen atoms in total. The molecule has 1 rings (SSSR count). The first-order valence-corrected chi connectivity index (χ1v) is 3.50. The molecule has 1 fully saturated rings. The lowest BCUT2D eigenvalue weighted by atomic mass is 10.4. The zero-order chi connectivity index (χ0) is 5.54. The summed E-state index contributed by atoms with van der Waals surface area (Å²) in [5.74, 6) is 0. The van der Waals surface area contributed by atoms with Crippen LogP contribution in [0.4, 0.5) is 0 Å². The van der Waals surface area contributed by atoms with Gasteiger partial charge in [0.25, 0.3) is 0 Å². The second-order valence-electron chi connectivity index (χ2n) is 1.77. The molecule has 0 radical (unpaired) electrons. The van der Waals surface area contributed by atoms with Crippen LogP contribution in [0.3, 0.4) is 0 Å². The Morgan fingerprint density at radius 2 is 0.750 bits per heavy atom. The van der Waals surface area contributed by atoms with E-state index in [0.717, 1.165) is 0 Å². The van der Waals surface area contributed by atoms with Gasteiger partial charge in [-0.1, -0.05) is 46.0 Å². The molecule has 8 heavy (non-hydrogen) atoms. The Balaban J connectivity index is 0. The molecule has 0 bridgehead atoms. The van der Waals surface area contributed by atoms with Crippen molar-refractivity contribution in [2.45, 2.75) is 46.0 Å². The first-order valence-electron chi connectivity index (χ1n) is 3.50. The van der Waals surface area contributed by atoms with Crippen LogP contribution >= 0.6 is 13.5 Å². The molecule has 0 amide bonds. The van der Waals surface area contributed by atoms with E-state index in [2.05, 4.69) is 0 Å². The molecule has 1 aliphatic rings. The van der Waals surface area contributed by atoms with E-state index in [1.807, 2.05) is 13.8 Å². The molecule has 1 aliphatic carbocycles. The smallest absolute Gasteiger partial charge is 0.0533 e. The van der Waals surface area contributed by atoms with Gasteiger partial charge in [-0.05, 0) is 0 Å². The van der Waals surface area contributed by atoms with Gasteiger partial charge in [0.15, 0.2) is 0 Å². The minimum Gasteiger partial charge on any atom is -0.197 e. The van der Waals surface area contributed by atoms with E-state index in [4.69, 9.17) is 0 Å².